The van der Waals surface area contributed by atoms with E-state index in [9.17, 15) is 0 Å². The molecule has 0 radical (unpaired) electrons. The van der Waals surface area contributed by atoms with Crippen LogP contribution in [-0.4, -0.2) is 26.9 Å². The van der Waals surface area contributed by atoms with Crippen molar-refractivity contribution >= 4 is 23.2 Å². The molecule has 1 aromatic rings. The van der Waals surface area contributed by atoms with Crippen molar-refractivity contribution in [3.63, 3.8) is 0 Å². The number of hydrogen-bond acceptors (Lipinski definition) is 3. The highest BCUT2D eigenvalue weighted by molar-refractivity contribution is 6.36. The lowest BCUT2D eigenvalue weighted by Gasteiger charge is -2.11. The van der Waals surface area contributed by atoms with Gasteiger partial charge in [0.05, 0.1) is 11.6 Å². The number of halogens is 2. The second kappa shape index (κ2) is 9.22. The second-order valence-corrected chi connectivity index (χ2v) is 4.33. The monoisotopic (exact) mass is 289 g/mol. The Morgan fingerprint density at radius 3 is 2.89 bits per heavy atom. The van der Waals surface area contributed by atoms with Gasteiger partial charge < -0.3 is 14.8 Å². The first kappa shape index (κ1) is 15.3. The van der Waals surface area contributed by atoms with Crippen LogP contribution < -0.4 is 10.1 Å². The SMILES string of the molecule is COCCNCc1ccccc1OCC(Cl)=CCl. The number of para-hydroxylation sites is 1. The van der Waals surface area contributed by atoms with E-state index in [1.165, 1.54) is 5.54 Å². The Morgan fingerprint density at radius 1 is 1.39 bits per heavy atom. The Kier molecular flexibility index (Phi) is 7.85. The number of nitrogens with one attached hydrogen (secondary N) is 1. The molecule has 5 heteroatoms. The minimum Gasteiger partial charge on any atom is -0.488 e. The first-order valence-corrected chi connectivity index (χ1v) is 6.44. The molecule has 1 aromatic carbocycles. The lowest BCUT2D eigenvalue weighted by Crippen LogP contribution is -2.19. The molecule has 0 aliphatic heterocycles. The average molecular weight is 290 g/mol. The van der Waals surface area contributed by atoms with Crippen molar-refractivity contribution in [2.24, 2.45) is 0 Å². The van der Waals surface area contributed by atoms with Gasteiger partial charge in [-0.05, 0) is 6.07 Å². The normalized spacial score (nSPS) is 11.6. The third-order valence-electron chi connectivity index (χ3n) is 2.25. The van der Waals surface area contributed by atoms with Crippen LogP contribution in [0.2, 0.25) is 0 Å². The zero-order valence-electron chi connectivity index (χ0n) is 10.3. The van der Waals surface area contributed by atoms with E-state index in [1.54, 1.807) is 7.11 Å². The Morgan fingerprint density at radius 2 is 2.17 bits per heavy atom. The lowest BCUT2D eigenvalue weighted by atomic mass is 10.2. The van der Waals surface area contributed by atoms with Crippen molar-refractivity contribution in [1.82, 2.24) is 5.32 Å². The van der Waals surface area contributed by atoms with Gasteiger partial charge in [0.25, 0.3) is 0 Å². The third kappa shape index (κ3) is 5.74. The van der Waals surface area contributed by atoms with Crippen LogP contribution in [0.25, 0.3) is 0 Å². The highest BCUT2D eigenvalue weighted by Crippen LogP contribution is 2.19. The van der Waals surface area contributed by atoms with Gasteiger partial charge in [-0.3, -0.25) is 0 Å². The molecule has 1 rings (SSSR count). The number of ether oxygens (including phenoxy) is 2. The highest BCUT2D eigenvalue weighted by Gasteiger charge is 2.03. The van der Waals surface area contributed by atoms with Gasteiger partial charge in [0.15, 0.2) is 0 Å². The summed E-state index contributed by atoms with van der Waals surface area (Å²) in [5, 5.41) is 3.74. The maximum Gasteiger partial charge on any atom is 0.125 e. The van der Waals surface area contributed by atoms with Crippen molar-refractivity contribution in [3.8, 4) is 5.75 Å². The second-order valence-electron chi connectivity index (χ2n) is 3.62. The van der Waals surface area contributed by atoms with E-state index < -0.39 is 0 Å². The summed E-state index contributed by atoms with van der Waals surface area (Å²) in [4.78, 5) is 0. The molecule has 0 heterocycles. The van der Waals surface area contributed by atoms with Crippen LogP contribution in [-0.2, 0) is 11.3 Å². The fourth-order valence-corrected chi connectivity index (χ4v) is 1.48. The van der Waals surface area contributed by atoms with Gasteiger partial charge >= 0.3 is 0 Å². The van der Waals surface area contributed by atoms with E-state index in [1.807, 2.05) is 24.3 Å². The van der Waals surface area contributed by atoms with E-state index in [2.05, 4.69) is 5.32 Å². The molecule has 3 nitrogen and oxygen atoms in total. The van der Waals surface area contributed by atoms with Crippen LogP contribution >= 0.6 is 23.2 Å². The van der Waals surface area contributed by atoms with E-state index in [4.69, 9.17) is 32.7 Å². The topological polar surface area (TPSA) is 30.5 Å². The smallest absolute Gasteiger partial charge is 0.125 e. The summed E-state index contributed by atoms with van der Waals surface area (Å²) in [6, 6.07) is 7.81. The predicted molar refractivity (Wildman–Crippen MR) is 75.3 cm³/mol. The molecule has 1 N–H and O–H groups in total. The van der Waals surface area contributed by atoms with Gasteiger partial charge in [0.2, 0.25) is 0 Å². The van der Waals surface area contributed by atoms with Crippen molar-refractivity contribution < 1.29 is 9.47 Å². The van der Waals surface area contributed by atoms with E-state index in [0.29, 0.717) is 11.6 Å². The molecule has 0 saturated heterocycles. The maximum absolute atomic E-state index is 5.79. The number of rotatable bonds is 8. The molecule has 18 heavy (non-hydrogen) atoms. The van der Waals surface area contributed by atoms with Gasteiger partial charge in [-0.15, -0.1) is 0 Å². The van der Waals surface area contributed by atoms with Crippen LogP contribution in [0.15, 0.2) is 34.8 Å². The van der Waals surface area contributed by atoms with Crippen LogP contribution in [0.4, 0.5) is 0 Å². The quantitative estimate of drug-likeness (QED) is 0.746. The molecule has 100 valence electrons. The van der Waals surface area contributed by atoms with Crippen LogP contribution in [0.3, 0.4) is 0 Å². The standard InChI is InChI=1S/C13H17Cl2NO2/c1-17-7-6-16-9-11-4-2-3-5-13(11)18-10-12(15)8-14/h2-5,8,16H,6-7,9-10H2,1H3. The Balaban J connectivity index is 2.51. The summed E-state index contributed by atoms with van der Waals surface area (Å²) in [7, 11) is 1.68. The fraction of sp³-hybridized carbons (Fsp3) is 0.385. The molecular weight excluding hydrogens is 273 g/mol. The van der Waals surface area contributed by atoms with Gasteiger partial charge in [0.1, 0.15) is 12.4 Å². The summed E-state index contributed by atoms with van der Waals surface area (Å²) in [6.07, 6.45) is 0. The zero-order valence-corrected chi connectivity index (χ0v) is 11.8. The summed E-state index contributed by atoms with van der Waals surface area (Å²) >= 11 is 11.3. The molecule has 0 spiro atoms. The Hall–Kier alpha value is -0.740. The minimum atomic E-state index is 0.278. The molecule has 0 atom stereocenters. The fourth-order valence-electron chi connectivity index (χ4n) is 1.37. The molecule has 0 aliphatic carbocycles. The number of hydrogen-bond donors (Lipinski definition) is 1. The van der Waals surface area contributed by atoms with Crippen molar-refractivity contribution in [1.29, 1.82) is 0 Å². The molecule has 0 aromatic heterocycles. The summed E-state index contributed by atoms with van der Waals surface area (Å²) < 4.78 is 10.6. The van der Waals surface area contributed by atoms with Crippen molar-refractivity contribution in [2.75, 3.05) is 26.9 Å². The lowest BCUT2D eigenvalue weighted by molar-refractivity contribution is 0.199. The molecule has 0 amide bonds. The van der Waals surface area contributed by atoms with Gasteiger partial charge in [-0.25, -0.2) is 0 Å². The van der Waals surface area contributed by atoms with Crippen LogP contribution in [0.5, 0.6) is 5.75 Å². The zero-order chi connectivity index (χ0) is 13.2. The predicted octanol–water partition coefficient (Wildman–Crippen LogP) is 3.12. The van der Waals surface area contributed by atoms with Gasteiger partial charge in [-0.2, -0.15) is 0 Å². The van der Waals surface area contributed by atoms with Crippen molar-refractivity contribution in [3.05, 3.63) is 40.4 Å². The average Bonchev–Trinajstić information content (AvgIpc) is 2.42. The molecule has 0 bridgehead atoms. The maximum atomic E-state index is 5.79. The van der Waals surface area contributed by atoms with E-state index in [-0.39, 0.29) is 6.61 Å². The summed E-state index contributed by atoms with van der Waals surface area (Å²) in [6.45, 7) is 2.49. The first-order chi connectivity index (χ1) is 8.77. The van der Waals surface area contributed by atoms with Crippen molar-refractivity contribution in [2.45, 2.75) is 6.54 Å². The van der Waals surface area contributed by atoms with E-state index in [0.717, 1.165) is 24.4 Å². The minimum absolute atomic E-state index is 0.278. The Bertz CT molecular complexity index is 383. The summed E-state index contributed by atoms with van der Waals surface area (Å²) in [5.41, 5.74) is 2.38. The largest absolute Gasteiger partial charge is 0.488 e. The summed E-state index contributed by atoms with van der Waals surface area (Å²) in [5.74, 6) is 0.805. The van der Waals surface area contributed by atoms with Crippen LogP contribution in [0.1, 0.15) is 5.56 Å². The molecule has 0 fully saturated rings. The molecule has 0 saturated carbocycles. The van der Waals surface area contributed by atoms with Crippen LogP contribution in [0, 0.1) is 0 Å². The number of benzene rings is 1. The molecule has 0 unspecified atom stereocenters. The number of methoxy groups -OCH3 is 1. The van der Waals surface area contributed by atoms with E-state index >= 15 is 0 Å². The van der Waals surface area contributed by atoms with Gasteiger partial charge in [-0.1, -0.05) is 41.4 Å². The molecular formula is C13H17Cl2NO2. The van der Waals surface area contributed by atoms with Gasteiger partial charge in [0, 0.05) is 31.3 Å². The Labute approximate surface area is 118 Å². The highest BCUT2D eigenvalue weighted by atomic mass is 35.5. The third-order valence-corrected chi connectivity index (χ3v) is 2.85. The molecule has 0 aliphatic rings. The first-order valence-electron chi connectivity index (χ1n) is 5.63.